The minimum Gasteiger partial charge on any atom is -0.310 e. The molecule has 0 spiro atoms. The molecule has 1 aliphatic rings. The number of nitrogens with one attached hydrogen (secondary N) is 1. The van der Waals surface area contributed by atoms with Gasteiger partial charge in [0.15, 0.2) is 0 Å². The van der Waals surface area contributed by atoms with Gasteiger partial charge in [0.2, 0.25) is 0 Å². The maximum atomic E-state index is 4.53. The van der Waals surface area contributed by atoms with Gasteiger partial charge in [0.1, 0.15) is 5.01 Å². The van der Waals surface area contributed by atoms with Crippen molar-refractivity contribution in [1.29, 1.82) is 0 Å². The molecule has 1 N–H and O–H groups in total. The highest BCUT2D eigenvalue weighted by Crippen LogP contribution is 2.22. The number of thioether (sulfide) groups is 1. The Bertz CT molecular complexity index is 297. The van der Waals surface area contributed by atoms with Gasteiger partial charge < -0.3 is 5.32 Å². The van der Waals surface area contributed by atoms with Gasteiger partial charge in [-0.3, -0.25) is 0 Å². The van der Waals surface area contributed by atoms with Crippen molar-refractivity contribution in [3.8, 4) is 0 Å². The van der Waals surface area contributed by atoms with E-state index in [9.17, 15) is 0 Å². The van der Waals surface area contributed by atoms with Gasteiger partial charge in [-0.15, -0.1) is 11.3 Å². The summed E-state index contributed by atoms with van der Waals surface area (Å²) in [7, 11) is 0. The van der Waals surface area contributed by atoms with E-state index in [1.807, 2.05) is 11.3 Å². The van der Waals surface area contributed by atoms with Crippen LogP contribution in [0.3, 0.4) is 0 Å². The molecule has 1 aromatic rings. The average molecular weight is 242 g/mol. The fourth-order valence-electron chi connectivity index (χ4n) is 1.74. The Balaban J connectivity index is 1.73. The molecule has 0 bridgehead atoms. The summed E-state index contributed by atoms with van der Waals surface area (Å²) < 4.78 is 0. The van der Waals surface area contributed by atoms with Crippen LogP contribution in [0.4, 0.5) is 0 Å². The number of nitrogens with zero attached hydrogens (tertiary/aromatic N) is 1. The first kappa shape index (κ1) is 11.4. The summed E-state index contributed by atoms with van der Waals surface area (Å²) in [6, 6.07) is 0. The zero-order chi connectivity index (χ0) is 10.7. The van der Waals surface area contributed by atoms with Crippen molar-refractivity contribution in [2.75, 3.05) is 18.1 Å². The lowest BCUT2D eigenvalue weighted by Gasteiger charge is -2.07. The lowest BCUT2D eigenvalue weighted by molar-refractivity contribution is 0.522. The molecule has 84 valence electrons. The molecule has 2 heterocycles. The van der Waals surface area contributed by atoms with Gasteiger partial charge in [-0.2, -0.15) is 11.8 Å². The van der Waals surface area contributed by atoms with Crippen molar-refractivity contribution >= 4 is 23.1 Å². The number of aryl methyl sites for hydroxylation is 2. The van der Waals surface area contributed by atoms with E-state index >= 15 is 0 Å². The summed E-state index contributed by atoms with van der Waals surface area (Å²) in [6.45, 7) is 6.33. The number of aromatic nitrogens is 1. The predicted octanol–water partition coefficient (Wildman–Crippen LogP) is 2.60. The van der Waals surface area contributed by atoms with Gasteiger partial charge in [0.05, 0.1) is 5.69 Å². The zero-order valence-electron chi connectivity index (χ0n) is 9.38. The van der Waals surface area contributed by atoms with E-state index < -0.39 is 0 Å². The Morgan fingerprint density at radius 3 is 2.93 bits per heavy atom. The average Bonchev–Trinajstić information content (AvgIpc) is 2.79. The molecular weight excluding hydrogens is 224 g/mol. The third kappa shape index (κ3) is 3.20. The largest absolute Gasteiger partial charge is 0.310 e. The first-order valence-electron chi connectivity index (χ1n) is 5.47. The van der Waals surface area contributed by atoms with Gasteiger partial charge in [-0.05, 0) is 44.2 Å². The molecule has 15 heavy (non-hydrogen) atoms. The highest BCUT2D eigenvalue weighted by Gasteiger charge is 2.14. The van der Waals surface area contributed by atoms with Crippen LogP contribution in [0.25, 0.3) is 0 Å². The minimum absolute atomic E-state index is 0.886. The molecule has 1 fully saturated rings. The fraction of sp³-hybridized carbons (Fsp3) is 0.727. The topological polar surface area (TPSA) is 24.9 Å². The molecule has 2 nitrogen and oxygen atoms in total. The number of hydrogen-bond donors (Lipinski definition) is 1. The summed E-state index contributed by atoms with van der Waals surface area (Å²) in [6.07, 6.45) is 1.38. The smallest absolute Gasteiger partial charge is 0.107 e. The van der Waals surface area contributed by atoms with Crippen molar-refractivity contribution in [1.82, 2.24) is 10.3 Å². The summed E-state index contributed by atoms with van der Waals surface area (Å²) in [4.78, 5) is 5.88. The Hall–Kier alpha value is -0.0600. The number of rotatable bonds is 4. The second kappa shape index (κ2) is 5.32. The van der Waals surface area contributed by atoms with Crippen molar-refractivity contribution in [3.05, 3.63) is 15.6 Å². The second-order valence-corrected chi connectivity index (χ2v) is 6.55. The summed E-state index contributed by atoms with van der Waals surface area (Å²) in [5.74, 6) is 3.57. The quantitative estimate of drug-likeness (QED) is 0.878. The molecule has 1 saturated heterocycles. The van der Waals surface area contributed by atoms with E-state index in [4.69, 9.17) is 0 Å². The van der Waals surface area contributed by atoms with Gasteiger partial charge in [-0.1, -0.05) is 0 Å². The predicted molar refractivity (Wildman–Crippen MR) is 68.7 cm³/mol. The van der Waals surface area contributed by atoms with Crippen molar-refractivity contribution in [2.45, 2.75) is 26.8 Å². The number of hydrogen-bond acceptors (Lipinski definition) is 4. The molecule has 4 heteroatoms. The first-order chi connectivity index (χ1) is 7.25. The van der Waals surface area contributed by atoms with Gasteiger partial charge in [-0.25, -0.2) is 4.98 Å². The van der Waals surface area contributed by atoms with Crippen LogP contribution in [0, 0.1) is 19.8 Å². The Morgan fingerprint density at radius 2 is 2.33 bits per heavy atom. The second-order valence-electron chi connectivity index (χ2n) is 4.11. The van der Waals surface area contributed by atoms with Crippen molar-refractivity contribution in [2.24, 2.45) is 5.92 Å². The van der Waals surface area contributed by atoms with E-state index in [1.54, 1.807) is 0 Å². The Morgan fingerprint density at radius 1 is 1.47 bits per heavy atom. The van der Waals surface area contributed by atoms with Gasteiger partial charge in [0, 0.05) is 11.4 Å². The molecule has 0 saturated carbocycles. The summed E-state index contributed by atoms with van der Waals surface area (Å²) >= 11 is 3.90. The van der Waals surface area contributed by atoms with Crippen LogP contribution < -0.4 is 5.32 Å². The summed E-state index contributed by atoms with van der Waals surface area (Å²) in [5.41, 5.74) is 1.19. The Kier molecular flexibility index (Phi) is 4.05. The van der Waals surface area contributed by atoms with Crippen molar-refractivity contribution in [3.63, 3.8) is 0 Å². The standard InChI is InChI=1S/C11H18N2S2/c1-8-9(2)15-11(13-8)6-12-5-10-3-4-14-7-10/h10,12H,3-7H2,1-2H3. The molecule has 0 aliphatic carbocycles. The minimum atomic E-state index is 0.886. The van der Waals surface area contributed by atoms with E-state index in [1.165, 1.54) is 33.5 Å². The van der Waals surface area contributed by atoms with Crippen LogP contribution in [0.15, 0.2) is 0 Å². The third-order valence-electron chi connectivity index (χ3n) is 2.81. The molecule has 1 aromatic heterocycles. The van der Waals surface area contributed by atoms with Crippen LogP contribution >= 0.6 is 23.1 Å². The number of thiazole rings is 1. The molecule has 1 aliphatic heterocycles. The molecule has 0 amide bonds. The van der Waals surface area contributed by atoms with Crippen LogP contribution in [0.2, 0.25) is 0 Å². The van der Waals surface area contributed by atoms with Gasteiger partial charge in [0.25, 0.3) is 0 Å². The first-order valence-corrected chi connectivity index (χ1v) is 7.44. The Labute approximate surface area is 99.9 Å². The van der Waals surface area contributed by atoms with Gasteiger partial charge >= 0.3 is 0 Å². The molecule has 0 aromatic carbocycles. The molecular formula is C11H18N2S2. The normalized spacial score (nSPS) is 21.1. The SMILES string of the molecule is Cc1nc(CNCC2CCSC2)sc1C. The summed E-state index contributed by atoms with van der Waals surface area (Å²) in [5, 5.41) is 4.75. The maximum Gasteiger partial charge on any atom is 0.107 e. The molecule has 2 rings (SSSR count). The van der Waals surface area contributed by atoms with E-state index in [0.717, 1.165) is 19.0 Å². The maximum absolute atomic E-state index is 4.53. The molecule has 1 unspecified atom stereocenters. The molecule has 1 atom stereocenters. The highest BCUT2D eigenvalue weighted by molar-refractivity contribution is 7.99. The van der Waals surface area contributed by atoms with Crippen LogP contribution in [-0.2, 0) is 6.54 Å². The lowest BCUT2D eigenvalue weighted by Crippen LogP contribution is -2.22. The molecule has 0 radical (unpaired) electrons. The van der Waals surface area contributed by atoms with E-state index in [0.29, 0.717) is 0 Å². The van der Waals surface area contributed by atoms with Crippen LogP contribution in [0.1, 0.15) is 22.0 Å². The third-order valence-corrected chi connectivity index (χ3v) is 5.11. The van der Waals surface area contributed by atoms with Crippen LogP contribution in [0.5, 0.6) is 0 Å². The zero-order valence-corrected chi connectivity index (χ0v) is 11.0. The fourth-order valence-corrected chi connectivity index (χ4v) is 3.93. The van der Waals surface area contributed by atoms with E-state index in [2.05, 4.69) is 35.9 Å². The van der Waals surface area contributed by atoms with E-state index in [-0.39, 0.29) is 0 Å². The monoisotopic (exact) mass is 242 g/mol. The lowest BCUT2D eigenvalue weighted by atomic mass is 10.1. The van der Waals surface area contributed by atoms with Crippen LogP contribution in [-0.4, -0.2) is 23.0 Å². The van der Waals surface area contributed by atoms with Crippen molar-refractivity contribution < 1.29 is 0 Å². The highest BCUT2D eigenvalue weighted by atomic mass is 32.2.